The second kappa shape index (κ2) is 31.9. The average molecular weight is 997 g/mol. The first-order valence-corrected chi connectivity index (χ1v) is 24.5. The first-order chi connectivity index (χ1) is 35.7. The Labute approximate surface area is 426 Å². The number of nitrogens with one attached hydrogen (secondary N) is 1. The molecular formula is C58H64N2O13. The van der Waals surface area contributed by atoms with Gasteiger partial charge in [-0.25, -0.2) is 24.0 Å². The van der Waals surface area contributed by atoms with Gasteiger partial charge in [-0.05, 0) is 161 Å². The lowest BCUT2D eigenvalue weighted by molar-refractivity contribution is -0.138. The lowest BCUT2D eigenvalue weighted by Gasteiger charge is -2.17. The molecule has 15 nitrogen and oxygen atoms in total. The number of fused-ring (bicyclic) bond motifs is 1. The van der Waals surface area contributed by atoms with E-state index >= 15 is 0 Å². The number of nitrogens with zero attached hydrogens (tertiary/aromatic N) is 1. The largest absolute Gasteiger partial charge is 0.494 e. The summed E-state index contributed by atoms with van der Waals surface area (Å²) >= 11 is 0. The highest BCUT2D eigenvalue weighted by Crippen LogP contribution is 2.38. The van der Waals surface area contributed by atoms with Gasteiger partial charge in [-0.2, -0.15) is 5.10 Å². The van der Waals surface area contributed by atoms with E-state index in [2.05, 4.69) is 30.3 Å². The Morgan fingerprint density at radius 3 is 1.36 bits per heavy atom. The van der Waals surface area contributed by atoms with Crippen LogP contribution in [0.15, 0.2) is 146 Å². The third kappa shape index (κ3) is 20.2. The fraction of sp³-hybridized carbons (Fsp3) is 0.310. The van der Waals surface area contributed by atoms with Gasteiger partial charge in [-0.3, -0.25) is 5.43 Å². The molecule has 0 saturated carbocycles. The molecule has 0 radical (unpaired) electrons. The summed E-state index contributed by atoms with van der Waals surface area (Å²) in [6.45, 7) is 12.3. The van der Waals surface area contributed by atoms with Crippen molar-refractivity contribution in [3.8, 4) is 28.7 Å². The smallest absolute Gasteiger partial charge is 0.343 e. The molecule has 0 heterocycles. The van der Waals surface area contributed by atoms with Gasteiger partial charge in [0.25, 0.3) is 0 Å². The van der Waals surface area contributed by atoms with E-state index in [1.165, 1.54) is 18.3 Å². The third-order valence-corrected chi connectivity index (χ3v) is 11.0. The highest BCUT2D eigenvalue weighted by molar-refractivity contribution is 5.97. The minimum Gasteiger partial charge on any atom is -0.494 e. The van der Waals surface area contributed by atoms with Gasteiger partial charge in [-0.1, -0.05) is 50.1 Å². The predicted molar refractivity (Wildman–Crippen MR) is 280 cm³/mol. The van der Waals surface area contributed by atoms with Crippen molar-refractivity contribution in [3.05, 3.63) is 158 Å². The maximum absolute atomic E-state index is 13.8. The molecular weight excluding hydrogens is 933 g/mol. The second-order valence-corrected chi connectivity index (χ2v) is 16.5. The number of hydrogen-bond acceptors (Lipinski definition) is 15. The summed E-state index contributed by atoms with van der Waals surface area (Å²) in [6, 6.07) is 29.9. The Morgan fingerprint density at radius 2 is 0.877 bits per heavy atom. The van der Waals surface area contributed by atoms with E-state index in [-0.39, 0.29) is 47.2 Å². The van der Waals surface area contributed by atoms with Crippen molar-refractivity contribution in [2.24, 2.45) is 5.10 Å². The number of ether oxygens (including phenoxy) is 8. The van der Waals surface area contributed by atoms with Gasteiger partial charge in [0.15, 0.2) is 11.5 Å². The van der Waals surface area contributed by atoms with Gasteiger partial charge in [0.05, 0.1) is 68.2 Å². The fourth-order valence-corrected chi connectivity index (χ4v) is 7.05. The highest BCUT2D eigenvalue weighted by Gasteiger charge is 2.22. The molecule has 0 unspecified atom stereocenters. The lowest BCUT2D eigenvalue weighted by Crippen LogP contribution is -2.14. The topological polar surface area (TPSA) is 184 Å². The summed E-state index contributed by atoms with van der Waals surface area (Å²) < 4.78 is 45.4. The molecule has 0 aromatic heterocycles. The Balaban J connectivity index is 1.31. The minimum absolute atomic E-state index is 0.0607. The van der Waals surface area contributed by atoms with Gasteiger partial charge >= 0.3 is 29.8 Å². The van der Waals surface area contributed by atoms with E-state index < -0.39 is 29.8 Å². The number of unbranched alkanes of at least 4 members (excludes halogenated alkanes) is 9. The van der Waals surface area contributed by atoms with Gasteiger partial charge in [0, 0.05) is 18.2 Å². The predicted octanol–water partition coefficient (Wildman–Crippen LogP) is 11.7. The van der Waals surface area contributed by atoms with E-state index in [1.807, 2.05) is 42.5 Å². The summed E-state index contributed by atoms with van der Waals surface area (Å²) in [4.78, 5) is 61.5. The molecule has 15 heteroatoms. The number of benzene rings is 5. The summed E-state index contributed by atoms with van der Waals surface area (Å²) in [6.07, 6.45) is 14.2. The van der Waals surface area contributed by atoms with Crippen LogP contribution in [-0.4, -0.2) is 75.7 Å². The quantitative estimate of drug-likeness (QED) is 0.00781. The van der Waals surface area contributed by atoms with Crippen LogP contribution in [0.2, 0.25) is 0 Å². The molecule has 5 aromatic rings. The van der Waals surface area contributed by atoms with E-state index in [1.54, 1.807) is 48.5 Å². The average Bonchev–Trinajstić information content (AvgIpc) is 3.41. The molecule has 0 fully saturated rings. The summed E-state index contributed by atoms with van der Waals surface area (Å²) in [7, 11) is 0. The molecule has 0 saturated heterocycles. The van der Waals surface area contributed by atoms with Crippen LogP contribution in [0, 0.1) is 0 Å². The zero-order valence-corrected chi connectivity index (χ0v) is 41.2. The Kier molecular flexibility index (Phi) is 24.4. The molecule has 0 spiro atoms. The van der Waals surface area contributed by atoms with Crippen molar-refractivity contribution in [1.29, 1.82) is 0 Å². The molecule has 0 aliphatic heterocycles. The van der Waals surface area contributed by atoms with Crippen LogP contribution in [0.25, 0.3) is 10.8 Å². The van der Waals surface area contributed by atoms with E-state index in [0.717, 1.165) is 93.2 Å². The van der Waals surface area contributed by atoms with Crippen LogP contribution >= 0.6 is 0 Å². The molecule has 0 atom stereocenters. The van der Waals surface area contributed by atoms with Crippen LogP contribution in [0.1, 0.15) is 103 Å². The zero-order valence-electron chi connectivity index (χ0n) is 41.2. The molecule has 0 aliphatic rings. The number of rotatable bonds is 34. The van der Waals surface area contributed by atoms with Crippen LogP contribution in [0.4, 0.5) is 5.69 Å². The molecule has 73 heavy (non-hydrogen) atoms. The van der Waals surface area contributed by atoms with Crippen molar-refractivity contribution >= 4 is 52.5 Å². The monoisotopic (exact) mass is 996 g/mol. The molecule has 0 bridgehead atoms. The Morgan fingerprint density at radius 1 is 0.452 bits per heavy atom. The normalized spacial score (nSPS) is 10.7. The van der Waals surface area contributed by atoms with Gasteiger partial charge < -0.3 is 37.9 Å². The Hall–Kier alpha value is -8.20. The summed E-state index contributed by atoms with van der Waals surface area (Å²) in [5, 5.41) is 6.60. The number of carbonyl (C=O) groups is 5. The van der Waals surface area contributed by atoms with Crippen molar-refractivity contribution in [2.45, 2.75) is 77.0 Å². The van der Waals surface area contributed by atoms with Gasteiger partial charge in [0.2, 0.25) is 0 Å². The SMILES string of the molecule is C=CC(=O)OCCCCCCOc1ccc(C(=O)Oc2ccc(OC(=O)c3ccc(OCCCCCCOC(=O)C=C)cc3)c(OCCCCCCOC(=O)C=C)c2/C=N/Nc2ccc3ccccc3c2)cc1. The van der Waals surface area contributed by atoms with Crippen molar-refractivity contribution in [2.75, 3.05) is 45.1 Å². The number of anilines is 1. The third-order valence-electron chi connectivity index (χ3n) is 11.0. The fourth-order valence-electron chi connectivity index (χ4n) is 7.05. The zero-order chi connectivity index (χ0) is 51.9. The van der Waals surface area contributed by atoms with E-state index in [4.69, 9.17) is 37.9 Å². The minimum atomic E-state index is -0.668. The van der Waals surface area contributed by atoms with Gasteiger partial charge in [-0.15, -0.1) is 0 Å². The molecule has 5 rings (SSSR count). The van der Waals surface area contributed by atoms with Gasteiger partial charge in [0.1, 0.15) is 17.2 Å². The Bertz CT molecular complexity index is 2630. The van der Waals surface area contributed by atoms with E-state index in [9.17, 15) is 24.0 Å². The molecule has 0 amide bonds. The molecule has 0 aliphatic carbocycles. The maximum atomic E-state index is 13.8. The number of hydrogen-bond donors (Lipinski definition) is 1. The second-order valence-electron chi connectivity index (χ2n) is 16.5. The first kappa shape index (κ1) is 55.7. The van der Waals surface area contributed by atoms with Crippen LogP contribution in [-0.2, 0) is 28.6 Å². The first-order valence-electron chi connectivity index (χ1n) is 24.5. The highest BCUT2D eigenvalue weighted by atomic mass is 16.6. The van der Waals surface area contributed by atoms with E-state index in [0.29, 0.717) is 56.5 Å². The molecule has 1 N–H and O–H groups in total. The van der Waals surface area contributed by atoms with Crippen LogP contribution < -0.4 is 29.1 Å². The lowest BCUT2D eigenvalue weighted by atomic mass is 10.1. The maximum Gasteiger partial charge on any atom is 0.343 e. The van der Waals surface area contributed by atoms with Crippen LogP contribution in [0.3, 0.4) is 0 Å². The standard InChI is InChI=1S/C58H64N2O13/c1-4-53(61)68-37-17-9-7-15-35-66-48-29-24-44(25-30-48)57(64)72-51-33-34-52(73-58(65)45-26-31-49(32-27-45)67-36-16-8-10-18-38-69-54(62)5-2)56(71-40-20-12-11-19-39-70-55(63)6-3)50(51)42-59-60-47-28-23-43-21-13-14-22-46(43)41-47/h4-6,13-14,21-34,41-42,60H,1-3,7-12,15-20,35-40H2/b59-42+. The molecule has 384 valence electrons. The van der Waals surface area contributed by atoms with Crippen molar-refractivity contribution < 1.29 is 61.9 Å². The summed E-state index contributed by atoms with van der Waals surface area (Å²) in [5.41, 5.74) is 4.50. The van der Waals surface area contributed by atoms with Crippen LogP contribution in [0.5, 0.6) is 28.7 Å². The van der Waals surface area contributed by atoms with Crippen molar-refractivity contribution in [1.82, 2.24) is 0 Å². The molecule has 5 aromatic carbocycles. The number of hydrazone groups is 1. The number of carbonyl (C=O) groups excluding carboxylic acids is 5. The summed E-state index contributed by atoms with van der Waals surface area (Å²) in [5.74, 6) is -1.24. The number of esters is 5. The van der Waals surface area contributed by atoms with Crippen molar-refractivity contribution in [3.63, 3.8) is 0 Å².